The normalized spacial score (nSPS) is 18.5. The van der Waals surface area contributed by atoms with Gasteiger partial charge in [0.05, 0.1) is 19.0 Å². The molecule has 2 fully saturated rings. The summed E-state index contributed by atoms with van der Waals surface area (Å²) >= 11 is 0. The van der Waals surface area contributed by atoms with E-state index in [1.165, 1.54) is 26.0 Å². The number of fused-ring (bicyclic) bond motifs is 1. The maximum Gasteiger partial charge on any atom is 0.387 e. The van der Waals surface area contributed by atoms with Gasteiger partial charge in [-0.05, 0) is 63.4 Å². The molecule has 5 rings (SSSR count). The fraction of sp³-hybridized carbons (Fsp3) is 0.481. The molecule has 0 bridgehead atoms. The topological polar surface area (TPSA) is 65.3 Å². The highest BCUT2D eigenvalue weighted by atomic mass is 19.3. The molecule has 9 heteroatoms. The zero-order chi connectivity index (χ0) is 25.2. The van der Waals surface area contributed by atoms with Crippen molar-refractivity contribution in [2.75, 3.05) is 27.3 Å². The van der Waals surface area contributed by atoms with Crippen molar-refractivity contribution in [3.05, 3.63) is 42.2 Å². The highest BCUT2D eigenvalue weighted by Gasteiger charge is 2.30. The number of Topliss-reactive ketones (excluding diaryl/α,β-unsaturated/α-hetero) is 1. The van der Waals surface area contributed by atoms with Gasteiger partial charge in [0, 0.05) is 30.3 Å². The minimum Gasteiger partial charge on any atom is -0.496 e. The third-order valence-corrected chi connectivity index (χ3v) is 7.10. The lowest BCUT2D eigenvalue weighted by molar-refractivity contribution is -0.0502. The maximum atomic E-state index is 13.3. The number of ketones is 1. The van der Waals surface area contributed by atoms with Crippen LogP contribution in [0.4, 0.5) is 8.78 Å². The van der Waals surface area contributed by atoms with Crippen LogP contribution in [0.5, 0.6) is 17.2 Å². The summed E-state index contributed by atoms with van der Waals surface area (Å²) in [4.78, 5) is 19.7. The smallest absolute Gasteiger partial charge is 0.387 e. The van der Waals surface area contributed by atoms with Crippen LogP contribution >= 0.6 is 0 Å². The number of imidazole rings is 1. The van der Waals surface area contributed by atoms with Gasteiger partial charge in [-0.2, -0.15) is 8.78 Å². The summed E-state index contributed by atoms with van der Waals surface area (Å²) in [6, 6.07) is 7.25. The van der Waals surface area contributed by atoms with Crippen LogP contribution in [0.2, 0.25) is 0 Å². The second-order valence-corrected chi connectivity index (χ2v) is 9.68. The molecule has 1 saturated carbocycles. The van der Waals surface area contributed by atoms with E-state index in [2.05, 4.69) is 16.9 Å². The number of likely N-dealkylation sites (N-methyl/N-ethyl adjacent to an activating group) is 1. The second kappa shape index (κ2) is 10.4. The monoisotopic (exact) mass is 499 g/mol. The van der Waals surface area contributed by atoms with Gasteiger partial charge >= 0.3 is 6.61 Å². The molecule has 0 unspecified atom stereocenters. The quantitative estimate of drug-likeness (QED) is 0.345. The van der Waals surface area contributed by atoms with Crippen molar-refractivity contribution in [1.82, 2.24) is 14.3 Å². The molecule has 1 saturated heterocycles. The van der Waals surface area contributed by atoms with Crippen molar-refractivity contribution in [1.29, 1.82) is 0 Å². The summed E-state index contributed by atoms with van der Waals surface area (Å²) in [5, 5.41) is 0. The van der Waals surface area contributed by atoms with Crippen molar-refractivity contribution in [2.45, 2.75) is 51.2 Å². The number of rotatable bonds is 10. The molecule has 1 aliphatic heterocycles. The van der Waals surface area contributed by atoms with Gasteiger partial charge < -0.3 is 19.1 Å². The molecule has 1 atom stereocenters. The van der Waals surface area contributed by atoms with E-state index in [1.54, 1.807) is 12.3 Å². The second-order valence-electron chi connectivity index (χ2n) is 9.68. The van der Waals surface area contributed by atoms with Crippen LogP contribution in [0.25, 0.3) is 16.9 Å². The van der Waals surface area contributed by atoms with Gasteiger partial charge in [-0.1, -0.05) is 6.42 Å². The zero-order valence-electron chi connectivity index (χ0n) is 20.6. The van der Waals surface area contributed by atoms with Crippen LogP contribution in [0.1, 0.15) is 48.9 Å². The summed E-state index contributed by atoms with van der Waals surface area (Å²) in [5.74, 6) is 0.797. The number of piperidine rings is 1. The van der Waals surface area contributed by atoms with E-state index in [4.69, 9.17) is 14.2 Å². The number of hydrogen-bond acceptors (Lipinski definition) is 6. The first-order valence-corrected chi connectivity index (χ1v) is 12.4. The molecule has 192 valence electrons. The van der Waals surface area contributed by atoms with Crippen LogP contribution in [0.15, 0.2) is 36.7 Å². The number of ether oxygens (including phenoxy) is 3. The molecule has 2 aromatic heterocycles. The molecule has 3 heterocycles. The molecule has 3 aromatic rings. The van der Waals surface area contributed by atoms with E-state index in [0.717, 1.165) is 31.6 Å². The Balaban J connectivity index is 1.43. The van der Waals surface area contributed by atoms with Crippen molar-refractivity contribution in [3.63, 3.8) is 0 Å². The number of halogens is 2. The van der Waals surface area contributed by atoms with Crippen LogP contribution in [0.3, 0.4) is 0 Å². The Kier molecular flexibility index (Phi) is 7.09. The minimum absolute atomic E-state index is 0.0608. The number of alkyl halides is 2. The van der Waals surface area contributed by atoms with Gasteiger partial charge in [0.1, 0.15) is 35.1 Å². The molecule has 1 aliphatic carbocycles. The average molecular weight is 500 g/mol. The minimum atomic E-state index is -3.07. The lowest BCUT2D eigenvalue weighted by atomic mass is 10.00. The van der Waals surface area contributed by atoms with E-state index < -0.39 is 6.61 Å². The van der Waals surface area contributed by atoms with E-state index in [-0.39, 0.29) is 22.8 Å². The van der Waals surface area contributed by atoms with Crippen molar-refractivity contribution in [2.24, 2.45) is 5.92 Å². The lowest BCUT2D eigenvalue weighted by Crippen LogP contribution is -2.40. The molecular weight excluding hydrogens is 468 g/mol. The van der Waals surface area contributed by atoms with Gasteiger partial charge in [-0.15, -0.1) is 0 Å². The van der Waals surface area contributed by atoms with Gasteiger partial charge in [-0.3, -0.25) is 9.20 Å². The molecule has 0 amide bonds. The van der Waals surface area contributed by atoms with E-state index in [0.29, 0.717) is 41.9 Å². The van der Waals surface area contributed by atoms with E-state index >= 15 is 0 Å². The largest absolute Gasteiger partial charge is 0.496 e. The maximum absolute atomic E-state index is 13.3. The Bertz CT molecular complexity index is 1240. The Labute approximate surface area is 209 Å². The van der Waals surface area contributed by atoms with Crippen molar-refractivity contribution in [3.8, 4) is 28.5 Å². The first kappa shape index (κ1) is 24.5. The average Bonchev–Trinajstić information content (AvgIpc) is 3.57. The summed E-state index contributed by atoms with van der Waals surface area (Å²) in [5.41, 5.74) is 1.92. The van der Waals surface area contributed by atoms with Crippen molar-refractivity contribution >= 4 is 11.4 Å². The fourth-order valence-electron chi connectivity index (χ4n) is 4.86. The Hall–Kier alpha value is -3.20. The highest BCUT2D eigenvalue weighted by molar-refractivity contribution is 6.02. The number of aromatic nitrogens is 2. The third kappa shape index (κ3) is 5.31. The molecule has 0 N–H and O–H groups in total. The number of pyridine rings is 1. The Morgan fingerprint density at radius 1 is 1.17 bits per heavy atom. The van der Waals surface area contributed by atoms with Crippen LogP contribution in [-0.2, 0) is 0 Å². The molecular formula is C27H31F2N3O4. The third-order valence-electron chi connectivity index (χ3n) is 7.10. The van der Waals surface area contributed by atoms with Gasteiger partial charge in [-0.25, -0.2) is 4.98 Å². The summed E-state index contributed by atoms with van der Waals surface area (Å²) < 4.78 is 44.7. The molecule has 36 heavy (non-hydrogen) atoms. The zero-order valence-corrected chi connectivity index (χ0v) is 20.6. The number of hydrogen-bond donors (Lipinski definition) is 0. The Morgan fingerprint density at radius 2 is 1.97 bits per heavy atom. The molecule has 7 nitrogen and oxygen atoms in total. The summed E-state index contributed by atoms with van der Waals surface area (Å²) in [6.45, 7) is -1.37. The fourth-order valence-corrected chi connectivity index (χ4v) is 4.86. The molecule has 1 aromatic carbocycles. The lowest BCUT2D eigenvalue weighted by Gasteiger charge is -2.32. The van der Waals surface area contributed by atoms with Gasteiger partial charge in [0.15, 0.2) is 5.78 Å². The van der Waals surface area contributed by atoms with Crippen LogP contribution in [0, 0.1) is 5.92 Å². The van der Waals surface area contributed by atoms with Crippen molar-refractivity contribution < 1.29 is 27.8 Å². The van der Waals surface area contributed by atoms with E-state index in [9.17, 15) is 13.6 Å². The van der Waals surface area contributed by atoms with E-state index in [1.807, 2.05) is 22.7 Å². The number of carbonyl (C=O) groups is 1. The Morgan fingerprint density at radius 3 is 2.69 bits per heavy atom. The highest BCUT2D eigenvalue weighted by Crippen LogP contribution is 2.40. The number of nitrogens with zero attached hydrogens (tertiary/aromatic N) is 3. The summed E-state index contributed by atoms with van der Waals surface area (Å²) in [6.07, 6.45) is 9.29. The molecule has 2 aliphatic rings. The number of carbonyl (C=O) groups excluding carboxylic acids is 1. The predicted molar refractivity (Wildman–Crippen MR) is 131 cm³/mol. The van der Waals surface area contributed by atoms with Crippen LogP contribution < -0.4 is 14.2 Å². The predicted octanol–water partition coefficient (Wildman–Crippen LogP) is 5.46. The number of likely N-dealkylation sites (tertiary alicyclic amines) is 1. The SMILES string of the molecule is COc1cc(-c2cnc3cc(OC[C@@H]4CCCCN4C)ccn23)cc(OC(F)F)c1C(=O)CC1CC1. The molecule has 0 spiro atoms. The summed E-state index contributed by atoms with van der Waals surface area (Å²) in [7, 11) is 3.54. The first-order chi connectivity index (χ1) is 17.4. The van der Waals surface area contributed by atoms with Crippen LogP contribution in [-0.4, -0.2) is 60.0 Å². The molecule has 0 radical (unpaired) electrons. The number of methoxy groups -OCH3 is 1. The number of benzene rings is 1. The standard InChI is InChI=1S/C27H31F2N3O4/c1-31-9-4-3-5-19(31)16-35-20-8-10-32-21(15-30-25(32)14-20)18-12-23(34-2)26(22(33)11-17-6-7-17)24(13-18)36-27(28)29/h8,10,12-15,17,19,27H,3-7,9,11,16H2,1-2H3/t19-/m0/s1. The van der Waals surface area contributed by atoms with Gasteiger partial charge in [0.2, 0.25) is 0 Å². The first-order valence-electron chi connectivity index (χ1n) is 12.4. The van der Waals surface area contributed by atoms with Gasteiger partial charge in [0.25, 0.3) is 0 Å².